The largest absolute Gasteiger partial charge is 0.465 e. The molecule has 0 unspecified atom stereocenters. The van der Waals surface area contributed by atoms with E-state index in [1.807, 2.05) is 12.3 Å². The Bertz CT molecular complexity index is 1390. The Balaban J connectivity index is 1.52. The van der Waals surface area contributed by atoms with Gasteiger partial charge in [-0.3, -0.25) is 9.69 Å². The number of alkyl halides is 3. The quantitative estimate of drug-likeness (QED) is 0.269. The van der Waals surface area contributed by atoms with E-state index in [1.54, 1.807) is 48.0 Å². The molecule has 2 amide bonds. The van der Waals surface area contributed by atoms with Crippen LogP contribution in [0.3, 0.4) is 0 Å². The van der Waals surface area contributed by atoms with Crippen LogP contribution in [0.2, 0.25) is 0 Å². The molecule has 0 saturated carbocycles. The number of nitrogens with zero attached hydrogens (tertiary/aromatic N) is 2. The number of aromatic nitrogens is 1. The summed E-state index contributed by atoms with van der Waals surface area (Å²) in [5, 5.41) is 14.3. The number of halogens is 3. The summed E-state index contributed by atoms with van der Waals surface area (Å²) < 4.78 is 38.9. The molecule has 10 heteroatoms. The van der Waals surface area contributed by atoms with Crippen molar-refractivity contribution in [3.05, 3.63) is 100 Å². The Morgan fingerprint density at radius 2 is 1.73 bits per heavy atom. The van der Waals surface area contributed by atoms with Gasteiger partial charge < -0.3 is 10.4 Å². The van der Waals surface area contributed by atoms with Crippen molar-refractivity contribution in [1.82, 2.24) is 4.98 Å². The highest BCUT2D eigenvalue weighted by atomic mass is 32.1. The predicted octanol–water partition coefficient (Wildman–Crippen LogP) is 7.12. The van der Waals surface area contributed by atoms with Gasteiger partial charge in [0.05, 0.1) is 16.8 Å². The molecule has 0 atom stereocenters. The predicted molar refractivity (Wildman–Crippen MR) is 137 cm³/mol. The van der Waals surface area contributed by atoms with E-state index >= 15 is 0 Å². The van der Waals surface area contributed by atoms with Crippen LogP contribution in [0.5, 0.6) is 0 Å². The molecule has 0 aliphatic rings. The molecule has 0 bridgehead atoms. The highest BCUT2D eigenvalue weighted by molar-refractivity contribution is 7.07. The topological polar surface area (TPSA) is 82.5 Å². The number of benzene rings is 3. The zero-order valence-corrected chi connectivity index (χ0v) is 20.4. The lowest BCUT2D eigenvalue weighted by Gasteiger charge is -2.19. The van der Waals surface area contributed by atoms with Gasteiger partial charge in [0.25, 0.3) is 5.91 Å². The van der Waals surface area contributed by atoms with Gasteiger partial charge in [-0.05, 0) is 60.5 Å². The van der Waals surface area contributed by atoms with E-state index in [4.69, 9.17) is 0 Å². The number of anilines is 2. The summed E-state index contributed by atoms with van der Waals surface area (Å²) in [7, 11) is 0. The monoisotopic (exact) mass is 525 g/mol. The molecule has 0 spiro atoms. The van der Waals surface area contributed by atoms with E-state index in [1.165, 1.54) is 28.4 Å². The van der Waals surface area contributed by atoms with Crippen LogP contribution in [-0.4, -0.2) is 28.6 Å². The van der Waals surface area contributed by atoms with Crippen LogP contribution in [0.15, 0.2) is 77.6 Å². The number of nitrogens with one attached hydrogen (secondary N) is 1. The minimum absolute atomic E-state index is 0.227. The van der Waals surface area contributed by atoms with Gasteiger partial charge in [0.15, 0.2) is 0 Å². The highest BCUT2D eigenvalue weighted by Crippen LogP contribution is 2.32. The van der Waals surface area contributed by atoms with E-state index in [0.29, 0.717) is 34.5 Å². The molecule has 0 aliphatic heterocycles. The Morgan fingerprint density at radius 1 is 1.03 bits per heavy atom. The molecule has 3 aromatic carbocycles. The maximum absolute atomic E-state index is 13.1. The SMILES string of the molecule is Cc1ccc(-c2ccc(C(F)(F)F)cc2)c(C(=O)Nc2ccc(N(CCc3cscn3)C(=O)O)cc2)c1. The molecule has 1 aromatic heterocycles. The van der Waals surface area contributed by atoms with Gasteiger partial charge in [-0.2, -0.15) is 13.2 Å². The number of hydrogen-bond acceptors (Lipinski definition) is 4. The maximum atomic E-state index is 13.1. The maximum Gasteiger partial charge on any atom is 0.416 e. The van der Waals surface area contributed by atoms with Crippen LogP contribution >= 0.6 is 11.3 Å². The fourth-order valence-corrected chi connectivity index (χ4v) is 4.38. The molecule has 37 heavy (non-hydrogen) atoms. The first-order valence-electron chi connectivity index (χ1n) is 11.2. The van der Waals surface area contributed by atoms with Crippen LogP contribution < -0.4 is 10.2 Å². The first-order chi connectivity index (χ1) is 17.6. The van der Waals surface area contributed by atoms with Gasteiger partial charge in [0.2, 0.25) is 0 Å². The zero-order valence-electron chi connectivity index (χ0n) is 19.6. The molecular formula is C27H22F3N3O3S. The second-order valence-corrected chi connectivity index (χ2v) is 9.01. The smallest absolute Gasteiger partial charge is 0.416 e. The van der Waals surface area contributed by atoms with Gasteiger partial charge in [0, 0.05) is 35.3 Å². The zero-order chi connectivity index (χ0) is 26.6. The molecule has 0 radical (unpaired) electrons. The van der Waals surface area contributed by atoms with Gasteiger partial charge in [-0.1, -0.05) is 29.8 Å². The number of carboxylic acid groups (broad SMARTS) is 1. The van der Waals surface area contributed by atoms with E-state index in [2.05, 4.69) is 10.3 Å². The molecule has 1 heterocycles. The van der Waals surface area contributed by atoms with Crippen LogP contribution in [0.1, 0.15) is 27.2 Å². The molecular weight excluding hydrogens is 503 g/mol. The van der Waals surface area contributed by atoms with Crippen molar-refractivity contribution in [2.45, 2.75) is 19.5 Å². The van der Waals surface area contributed by atoms with Crippen molar-refractivity contribution in [2.24, 2.45) is 0 Å². The second kappa shape index (κ2) is 10.8. The number of aryl methyl sites for hydroxylation is 1. The minimum Gasteiger partial charge on any atom is -0.465 e. The number of amides is 2. The summed E-state index contributed by atoms with van der Waals surface area (Å²) >= 11 is 1.44. The van der Waals surface area contributed by atoms with Crippen molar-refractivity contribution in [3.63, 3.8) is 0 Å². The highest BCUT2D eigenvalue weighted by Gasteiger charge is 2.30. The molecule has 0 saturated heterocycles. The lowest BCUT2D eigenvalue weighted by molar-refractivity contribution is -0.137. The summed E-state index contributed by atoms with van der Waals surface area (Å²) in [5.74, 6) is -0.440. The van der Waals surface area contributed by atoms with Crippen molar-refractivity contribution in [3.8, 4) is 11.1 Å². The van der Waals surface area contributed by atoms with Crippen molar-refractivity contribution in [2.75, 3.05) is 16.8 Å². The lowest BCUT2D eigenvalue weighted by atomic mass is 9.96. The van der Waals surface area contributed by atoms with Gasteiger partial charge in [-0.15, -0.1) is 11.3 Å². The Labute approximate surface area is 215 Å². The van der Waals surface area contributed by atoms with Crippen LogP contribution in [0.25, 0.3) is 11.1 Å². The second-order valence-electron chi connectivity index (χ2n) is 8.29. The van der Waals surface area contributed by atoms with E-state index in [9.17, 15) is 27.9 Å². The Kier molecular flexibility index (Phi) is 7.58. The van der Waals surface area contributed by atoms with Crippen molar-refractivity contribution in [1.29, 1.82) is 0 Å². The van der Waals surface area contributed by atoms with Gasteiger partial charge in [0.1, 0.15) is 0 Å². The van der Waals surface area contributed by atoms with Crippen molar-refractivity contribution < 1.29 is 27.9 Å². The Hall–Kier alpha value is -4.18. The first kappa shape index (κ1) is 25.9. The average molecular weight is 526 g/mol. The average Bonchev–Trinajstić information content (AvgIpc) is 3.38. The van der Waals surface area contributed by atoms with Crippen molar-refractivity contribution >= 4 is 34.7 Å². The molecule has 4 aromatic rings. The fraction of sp³-hybridized carbons (Fsp3) is 0.148. The number of carbonyl (C=O) groups excluding carboxylic acids is 1. The summed E-state index contributed by atoms with van der Waals surface area (Å²) in [6, 6.07) is 16.2. The third-order valence-corrected chi connectivity index (χ3v) is 6.32. The third kappa shape index (κ3) is 6.34. The van der Waals surface area contributed by atoms with E-state index < -0.39 is 23.7 Å². The summed E-state index contributed by atoms with van der Waals surface area (Å²) in [4.78, 5) is 30.3. The normalized spacial score (nSPS) is 11.2. The number of rotatable bonds is 7. The number of thiazole rings is 1. The summed E-state index contributed by atoms with van der Waals surface area (Å²) in [5.41, 5.74) is 4.71. The van der Waals surface area contributed by atoms with Crippen LogP contribution in [-0.2, 0) is 12.6 Å². The third-order valence-electron chi connectivity index (χ3n) is 5.69. The lowest BCUT2D eigenvalue weighted by Crippen LogP contribution is -2.31. The molecule has 0 fully saturated rings. The number of hydrogen-bond donors (Lipinski definition) is 2. The van der Waals surface area contributed by atoms with E-state index in [-0.39, 0.29) is 6.54 Å². The number of carbonyl (C=O) groups is 2. The minimum atomic E-state index is -4.45. The molecule has 0 aliphatic carbocycles. The van der Waals surface area contributed by atoms with Gasteiger partial charge in [-0.25, -0.2) is 9.78 Å². The molecule has 6 nitrogen and oxygen atoms in total. The van der Waals surface area contributed by atoms with Crippen LogP contribution in [0.4, 0.5) is 29.3 Å². The molecule has 2 N–H and O–H groups in total. The van der Waals surface area contributed by atoms with Crippen LogP contribution in [0, 0.1) is 6.92 Å². The molecule has 190 valence electrons. The van der Waals surface area contributed by atoms with E-state index in [0.717, 1.165) is 23.4 Å². The standard InChI is InChI=1S/C27H22F3N3O3S/c1-17-2-11-23(18-3-5-19(6-4-18)27(28,29)30)24(14-17)25(34)32-20-7-9-22(10-8-20)33(26(35)36)13-12-21-15-37-16-31-21/h2-11,14-16H,12-13H2,1H3,(H,32,34)(H,35,36). The summed E-state index contributed by atoms with van der Waals surface area (Å²) in [6.07, 6.45) is -5.09. The Morgan fingerprint density at radius 3 is 2.32 bits per heavy atom. The fourth-order valence-electron chi connectivity index (χ4n) is 3.78. The van der Waals surface area contributed by atoms with Gasteiger partial charge >= 0.3 is 12.3 Å². The molecule has 4 rings (SSSR count). The summed E-state index contributed by atoms with van der Waals surface area (Å²) in [6.45, 7) is 2.04. The first-order valence-corrected chi connectivity index (χ1v) is 12.1.